The van der Waals surface area contributed by atoms with Crippen molar-refractivity contribution in [2.75, 3.05) is 19.0 Å². The summed E-state index contributed by atoms with van der Waals surface area (Å²) < 4.78 is 5.01. The van der Waals surface area contributed by atoms with Gasteiger partial charge in [-0.05, 0) is 25.3 Å². The first-order chi connectivity index (χ1) is 9.15. The number of methoxy groups -OCH3 is 1. The Morgan fingerprint density at radius 2 is 2.37 bits per heavy atom. The monoisotopic (exact) mass is 266 g/mol. The number of anilines is 1. The molecule has 1 saturated carbocycles. The lowest BCUT2D eigenvalue weighted by atomic mass is 10.0. The Bertz CT molecular complexity index is 466. The van der Waals surface area contributed by atoms with Gasteiger partial charge in [0.25, 0.3) is 0 Å². The molecule has 3 N–H and O–H groups in total. The lowest BCUT2D eigenvalue weighted by Gasteiger charge is -2.20. The van der Waals surface area contributed by atoms with Crippen molar-refractivity contribution in [1.82, 2.24) is 4.98 Å². The molecule has 2 rings (SSSR count). The summed E-state index contributed by atoms with van der Waals surface area (Å²) in [5.41, 5.74) is 5.67. The molecular weight excluding hydrogens is 248 g/mol. The zero-order valence-electron chi connectivity index (χ0n) is 10.8. The quantitative estimate of drug-likeness (QED) is 0.619. The highest BCUT2D eigenvalue weighted by molar-refractivity contribution is 5.57. The van der Waals surface area contributed by atoms with Crippen molar-refractivity contribution in [3.63, 3.8) is 0 Å². The summed E-state index contributed by atoms with van der Waals surface area (Å²) >= 11 is 0. The SMILES string of the molecule is COc1ccc([N+](=O)[O-])c(NC2CCCC2CN)n1. The van der Waals surface area contributed by atoms with Crippen LogP contribution in [0.25, 0.3) is 0 Å². The van der Waals surface area contributed by atoms with E-state index in [0.717, 1.165) is 19.3 Å². The molecule has 0 saturated heterocycles. The summed E-state index contributed by atoms with van der Waals surface area (Å²) in [5, 5.41) is 14.2. The molecule has 7 nitrogen and oxygen atoms in total. The van der Waals surface area contributed by atoms with Crippen LogP contribution >= 0.6 is 0 Å². The maximum absolute atomic E-state index is 11.0. The van der Waals surface area contributed by atoms with Crippen LogP contribution in [0.2, 0.25) is 0 Å². The molecule has 1 aliphatic rings. The Kier molecular flexibility index (Phi) is 4.16. The van der Waals surface area contributed by atoms with Crippen molar-refractivity contribution in [3.05, 3.63) is 22.2 Å². The topological polar surface area (TPSA) is 103 Å². The number of hydrogen-bond donors (Lipinski definition) is 2. The molecule has 1 aliphatic carbocycles. The molecule has 0 amide bonds. The van der Waals surface area contributed by atoms with Crippen LogP contribution in [-0.2, 0) is 0 Å². The summed E-state index contributed by atoms with van der Waals surface area (Å²) in [6.07, 6.45) is 3.08. The normalized spacial score (nSPS) is 22.2. The molecule has 1 heterocycles. The molecule has 1 aromatic rings. The zero-order chi connectivity index (χ0) is 13.8. The van der Waals surface area contributed by atoms with Crippen LogP contribution in [0.1, 0.15) is 19.3 Å². The minimum Gasteiger partial charge on any atom is -0.481 e. The molecule has 0 radical (unpaired) electrons. The van der Waals surface area contributed by atoms with E-state index in [1.807, 2.05) is 0 Å². The fraction of sp³-hybridized carbons (Fsp3) is 0.583. The highest BCUT2D eigenvalue weighted by Gasteiger charge is 2.28. The van der Waals surface area contributed by atoms with E-state index in [9.17, 15) is 10.1 Å². The summed E-state index contributed by atoms with van der Waals surface area (Å²) in [7, 11) is 1.48. The van der Waals surface area contributed by atoms with E-state index >= 15 is 0 Å². The summed E-state index contributed by atoms with van der Waals surface area (Å²) in [4.78, 5) is 14.7. The van der Waals surface area contributed by atoms with Crippen molar-refractivity contribution < 1.29 is 9.66 Å². The Hall–Kier alpha value is -1.89. The predicted molar refractivity (Wildman–Crippen MR) is 71.2 cm³/mol. The fourth-order valence-corrected chi connectivity index (χ4v) is 2.49. The molecule has 0 aromatic carbocycles. The molecule has 104 valence electrons. The fourth-order valence-electron chi connectivity index (χ4n) is 2.49. The molecule has 0 bridgehead atoms. The van der Waals surface area contributed by atoms with Crippen molar-refractivity contribution in [2.45, 2.75) is 25.3 Å². The van der Waals surface area contributed by atoms with Crippen LogP contribution in [-0.4, -0.2) is 29.6 Å². The van der Waals surface area contributed by atoms with Crippen LogP contribution in [0.4, 0.5) is 11.5 Å². The number of aromatic nitrogens is 1. The van der Waals surface area contributed by atoms with Gasteiger partial charge in [0.1, 0.15) is 0 Å². The molecule has 2 atom stereocenters. The number of nitro groups is 1. The minimum atomic E-state index is -0.443. The Balaban J connectivity index is 2.24. The minimum absolute atomic E-state index is 0.0385. The lowest BCUT2D eigenvalue weighted by molar-refractivity contribution is -0.384. The molecule has 19 heavy (non-hydrogen) atoms. The zero-order valence-corrected chi connectivity index (χ0v) is 10.8. The highest BCUT2D eigenvalue weighted by Crippen LogP contribution is 2.31. The largest absolute Gasteiger partial charge is 0.481 e. The highest BCUT2D eigenvalue weighted by atomic mass is 16.6. The van der Waals surface area contributed by atoms with Crippen molar-refractivity contribution in [3.8, 4) is 5.88 Å². The molecule has 1 fully saturated rings. The van der Waals surface area contributed by atoms with Gasteiger partial charge < -0.3 is 15.8 Å². The Labute approximate surface area is 111 Å². The van der Waals surface area contributed by atoms with Crippen LogP contribution in [0.15, 0.2) is 12.1 Å². The molecule has 0 spiro atoms. The standard InChI is InChI=1S/C12H18N4O3/c1-19-11-6-5-10(16(17)18)12(15-11)14-9-4-2-3-8(9)7-13/h5-6,8-9H,2-4,7,13H2,1H3,(H,14,15). The summed E-state index contributed by atoms with van der Waals surface area (Å²) in [6.45, 7) is 0.579. The lowest BCUT2D eigenvalue weighted by Crippen LogP contribution is -2.30. The number of pyridine rings is 1. The maximum atomic E-state index is 11.0. The number of nitrogens with one attached hydrogen (secondary N) is 1. The second-order valence-electron chi connectivity index (χ2n) is 4.66. The van der Waals surface area contributed by atoms with Gasteiger partial charge in [0.2, 0.25) is 11.7 Å². The third kappa shape index (κ3) is 2.93. The van der Waals surface area contributed by atoms with E-state index in [0.29, 0.717) is 18.3 Å². The van der Waals surface area contributed by atoms with Gasteiger partial charge in [-0.1, -0.05) is 6.42 Å². The van der Waals surface area contributed by atoms with Gasteiger partial charge >= 0.3 is 5.69 Å². The third-order valence-corrected chi connectivity index (χ3v) is 3.54. The van der Waals surface area contributed by atoms with E-state index in [-0.39, 0.29) is 17.5 Å². The van der Waals surface area contributed by atoms with E-state index in [4.69, 9.17) is 10.5 Å². The second kappa shape index (κ2) is 5.83. The average molecular weight is 266 g/mol. The van der Waals surface area contributed by atoms with Crippen molar-refractivity contribution in [1.29, 1.82) is 0 Å². The first kappa shape index (κ1) is 13.5. The van der Waals surface area contributed by atoms with Gasteiger partial charge in [-0.2, -0.15) is 4.98 Å². The van der Waals surface area contributed by atoms with E-state index in [1.54, 1.807) is 0 Å². The van der Waals surface area contributed by atoms with Crippen LogP contribution in [0.3, 0.4) is 0 Å². The van der Waals surface area contributed by atoms with E-state index in [2.05, 4.69) is 10.3 Å². The van der Waals surface area contributed by atoms with Gasteiger partial charge in [-0.3, -0.25) is 10.1 Å². The number of nitrogens with zero attached hydrogens (tertiary/aromatic N) is 2. The molecule has 1 aromatic heterocycles. The molecule has 7 heteroatoms. The van der Waals surface area contributed by atoms with Gasteiger partial charge in [0.05, 0.1) is 12.0 Å². The molecule has 0 aliphatic heterocycles. The first-order valence-corrected chi connectivity index (χ1v) is 6.31. The van der Waals surface area contributed by atoms with Gasteiger partial charge in [-0.25, -0.2) is 0 Å². The van der Waals surface area contributed by atoms with Gasteiger partial charge in [0, 0.05) is 18.2 Å². The molecular formula is C12H18N4O3. The van der Waals surface area contributed by atoms with Crippen molar-refractivity contribution >= 4 is 11.5 Å². The van der Waals surface area contributed by atoms with Crippen molar-refractivity contribution in [2.24, 2.45) is 11.7 Å². The van der Waals surface area contributed by atoms with E-state index < -0.39 is 4.92 Å². The molecule has 2 unspecified atom stereocenters. The van der Waals surface area contributed by atoms with Gasteiger partial charge in [-0.15, -0.1) is 0 Å². The maximum Gasteiger partial charge on any atom is 0.311 e. The third-order valence-electron chi connectivity index (χ3n) is 3.54. The second-order valence-corrected chi connectivity index (χ2v) is 4.66. The number of nitrogens with two attached hydrogens (primary N) is 1. The van der Waals surface area contributed by atoms with Gasteiger partial charge in [0.15, 0.2) is 0 Å². The number of rotatable bonds is 5. The number of hydrogen-bond acceptors (Lipinski definition) is 6. The first-order valence-electron chi connectivity index (χ1n) is 6.31. The van der Waals surface area contributed by atoms with Crippen LogP contribution in [0, 0.1) is 16.0 Å². The van der Waals surface area contributed by atoms with Crippen LogP contribution in [0.5, 0.6) is 5.88 Å². The predicted octanol–water partition coefficient (Wildman–Crippen LogP) is 1.54. The smallest absolute Gasteiger partial charge is 0.311 e. The Morgan fingerprint density at radius 3 is 3.00 bits per heavy atom. The van der Waals surface area contributed by atoms with Crippen LogP contribution < -0.4 is 15.8 Å². The average Bonchev–Trinajstić information content (AvgIpc) is 2.85. The Morgan fingerprint density at radius 1 is 1.58 bits per heavy atom. The summed E-state index contributed by atoms with van der Waals surface area (Å²) in [5.74, 6) is 0.956. The van der Waals surface area contributed by atoms with E-state index in [1.165, 1.54) is 19.2 Å². The number of ether oxygens (including phenoxy) is 1. The summed E-state index contributed by atoms with van der Waals surface area (Å²) in [6, 6.07) is 3.03.